The second-order valence-corrected chi connectivity index (χ2v) is 0.699. The Morgan fingerprint density at radius 2 is 2.00 bits per heavy atom. The van der Waals surface area contributed by atoms with Crippen LogP contribution in [0.3, 0.4) is 0 Å². The van der Waals surface area contributed by atoms with Crippen LogP contribution in [0.5, 0.6) is 0 Å². The molecular weight excluding hydrogens is 143 g/mol. The number of carbonyl (C=O) groups is 1. The minimum Gasteiger partial charge on any atom is -1.00 e. The summed E-state index contributed by atoms with van der Waals surface area (Å²) < 4.78 is 3.69. The first-order chi connectivity index (χ1) is 2.27. The fourth-order valence-electron chi connectivity index (χ4n) is 0. The summed E-state index contributed by atoms with van der Waals surface area (Å²) in [6, 6.07) is 0. The zero-order valence-electron chi connectivity index (χ0n) is 5.68. The Labute approximate surface area is 81.9 Å². The van der Waals surface area contributed by atoms with Crippen LogP contribution in [0.1, 0.15) is 2.85 Å². The van der Waals surface area contributed by atoms with Crippen LogP contribution in [0, 0.1) is 0 Å². The maximum Gasteiger partial charge on any atom is 2.00 e. The van der Waals surface area contributed by atoms with Crippen molar-refractivity contribution in [3.63, 3.8) is 0 Å². The Balaban J connectivity index is -0.0000000133. The fourth-order valence-corrected chi connectivity index (χ4v) is 0. The van der Waals surface area contributed by atoms with Gasteiger partial charge in [-0.05, 0) is 0 Å². The number of rotatable bonds is 0. The van der Waals surface area contributed by atoms with Crippen molar-refractivity contribution in [3.05, 3.63) is 0 Å². The molecule has 0 fully saturated rings. The summed E-state index contributed by atoms with van der Waals surface area (Å²) in [5, 5.41) is 7.51. The molecule has 39 valence electrons. The third kappa shape index (κ3) is 19.4. The minimum absolute atomic E-state index is 0. The molecule has 0 rings (SSSR count). The van der Waals surface area contributed by atoms with Crippen molar-refractivity contribution >= 4 is 60.5 Å². The van der Waals surface area contributed by atoms with Crippen LogP contribution in [-0.2, 0) is 3.79 Å². The maximum atomic E-state index is 9.15. The topological polar surface area (TPSA) is 78.0 Å². The molecule has 0 aliphatic rings. The Morgan fingerprint density at radius 1 is 1.86 bits per heavy atom. The van der Waals surface area contributed by atoms with Crippen molar-refractivity contribution in [3.8, 4) is 0 Å². The van der Waals surface area contributed by atoms with Crippen LogP contribution in [0.15, 0.2) is 0 Å². The molecule has 3 N–H and O–H groups in total. The molecular formula is CH6AlCaO4. The largest absolute Gasteiger partial charge is 2.00 e. The molecule has 0 unspecified atom stereocenters. The summed E-state index contributed by atoms with van der Waals surface area (Å²) in [6.45, 7) is 0. The molecule has 0 spiro atoms. The minimum atomic E-state index is -1.23. The second kappa shape index (κ2) is 10.1. The van der Waals surface area contributed by atoms with Gasteiger partial charge in [-0.2, -0.15) is 0 Å². The van der Waals surface area contributed by atoms with Crippen molar-refractivity contribution < 1.29 is 22.0 Å². The van der Waals surface area contributed by atoms with Gasteiger partial charge in [-0.1, -0.05) is 0 Å². The predicted molar refractivity (Wildman–Crippen MR) is 27.9 cm³/mol. The van der Waals surface area contributed by atoms with Crippen molar-refractivity contribution in [2.45, 2.75) is 0 Å². The molecule has 1 radical (unpaired) electrons. The molecule has 6 heteroatoms. The van der Waals surface area contributed by atoms with E-state index >= 15 is 0 Å². The Morgan fingerprint density at radius 3 is 2.00 bits per heavy atom. The van der Waals surface area contributed by atoms with Gasteiger partial charge in [-0.3, -0.25) is 0 Å². The van der Waals surface area contributed by atoms with Crippen LogP contribution in [0.4, 0.5) is 4.79 Å². The Bertz CT molecular complexity index is 53.8. The Hall–Kier alpha value is 1.02. The van der Waals surface area contributed by atoms with E-state index < -0.39 is 6.16 Å². The molecule has 0 aliphatic carbocycles. The molecule has 4 nitrogen and oxygen atoms in total. The van der Waals surface area contributed by atoms with Crippen molar-refractivity contribution in [1.29, 1.82) is 0 Å². The molecule has 0 aromatic rings. The molecule has 0 heterocycles. The zero-order chi connectivity index (χ0) is 4.28. The van der Waals surface area contributed by atoms with E-state index in [2.05, 4.69) is 3.79 Å². The smallest absolute Gasteiger partial charge is 1.00 e. The van der Waals surface area contributed by atoms with E-state index in [9.17, 15) is 0 Å². The zero-order valence-corrected chi connectivity index (χ0v) is 7.30. The van der Waals surface area contributed by atoms with Gasteiger partial charge in [0.25, 0.3) is 0 Å². The van der Waals surface area contributed by atoms with Gasteiger partial charge in [0.2, 0.25) is 0 Å². The summed E-state index contributed by atoms with van der Waals surface area (Å²) in [4.78, 5) is 9.15. The fraction of sp³-hybridized carbons (Fsp3) is 0. The number of hydrogen-bond donors (Lipinski definition) is 1. The van der Waals surface area contributed by atoms with Gasteiger partial charge >= 0.3 is 60.5 Å². The van der Waals surface area contributed by atoms with E-state index in [0.29, 0.717) is 0 Å². The maximum absolute atomic E-state index is 9.15. The van der Waals surface area contributed by atoms with E-state index in [1.165, 1.54) is 0 Å². The van der Waals surface area contributed by atoms with Crippen molar-refractivity contribution in [1.82, 2.24) is 0 Å². The van der Waals surface area contributed by atoms with Gasteiger partial charge in [0.1, 0.15) is 0 Å². The predicted octanol–water partition coefficient (Wildman–Crippen LogP) is -1.48. The summed E-state index contributed by atoms with van der Waals surface area (Å²) in [5.74, 6) is 0. The third-order valence-electron chi connectivity index (χ3n) is 0.123. The molecule has 0 atom stereocenters. The van der Waals surface area contributed by atoms with Crippen molar-refractivity contribution in [2.75, 3.05) is 0 Å². The first-order valence-corrected chi connectivity index (χ1v) is 1.50. The molecule has 0 saturated heterocycles. The van der Waals surface area contributed by atoms with Crippen LogP contribution >= 0.6 is 0 Å². The monoisotopic (exact) mass is 149 g/mol. The average Bonchev–Trinajstić information content (AvgIpc) is 1.38. The summed E-state index contributed by atoms with van der Waals surface area (Å²) >= 11 is 0.934. The van der Waals surface area contributed by atoms with Crippen LogP contribution in [-0.4, -0.2) is 71.1 Å². The third-order valence-corrected chi connectivity index (χ3v) is 0.370. The van der Waals surface area contributed by atoms with Crippen molar-refractivity contribution in [2.24, 2.45) is 0 Å². The van der Waals surface area contributed by atoms with Gasteiger partial charge in [-0.25, -0.2) is 4.79 Å². The van der Waals surface area contributed by atoms with E-state index in [1.807, 2.05) is 0 Å². The molecule has 0 aromatic heterocycles. The van der Waals surface area contributed by atoms with E-state index in [4.69, 9.17) is 9.90 Å². The molecule has 0 amide bonds. The number of carboxylic acid groups (broad SMARTS) is 1. The first-order valence-electron chi connectivity index (χ1n) is 0.921. The van der Waals surface area contributed by atoms with Crippen LogP contribution < -0.4 is 0 Å². The van der Waals surface area contributed by atoms with E-state index in [1.54, 1.807) is 0 Å². The summed E-state index contributed by atoms with van der Waals surface area (Å²) in [7, 11) is 0. The summed E-state index contributed by atoms with van der Waals surface area (Å²) in [6.07, 6.45) is -1.23. The quantitative estimate of drug-likeness (QED) is 0.426. The molecule has 7 heavy (non-hydrogen) atoms. The second-order valence-electron chi connectivity index (χ2n) is 0.410. The van der Waals surface area contributed by atoms with E-state index in [-0.39, 0.29) is 46.1 Å². The SMILES string of the molecule is O.O=C(O)[O][AlH].[Ca+2].[H-].[H-]. The van der Waals surface area contributed by atoms with Gasteiger partial charge in [0.05, 0.1) is 0 Å². The van der Waals surface area contributed by atoms with Gasteiger partial charge in [-0.15, -0.1) is 0 Å². The average molecular weight is 149 g/mol. The summed E-state index contributed by atoms with van der Waals surface area (Å²) in [5.41, 5.74) is 0. The normalized spacial score (nSPS) is 4.57. The number of hydrogen-bond acceptors (Lipinski definition) is 2. The Kier molecular flexibility index (Phi) is 22.6. The molecule has 0 aliphatic heterocycles. The first kappa shape index (κ1) is 15.7. The van der Waals surface area contributed by atoms with Gasteiger partial charge in [0, 0.05) is 0 Å². The molecule has 0 saturated carbocycles. The molecule has 0 bridgehead atoms. The van der Waals surface area contributed by atoms with Crippen LogP contribution in [0.25, 0.3) is 0 Å². The van der Waals surface area contributed by atoms with E-state index in [0.717, 1.165) is 16.6 Å². The van der Waals surface area contributed by atoms with Crippen LogP contribution in [0.2, 0.25) is 0 Å². The standard InChI is InChI=1S/CH2O3.Al.Ca.H2O.3H/c2-1(3)4;;;;;;/h(H2,2,3,4);;;1H2;;;/q;+1;+2;;;2*-1/p-1. The van der Waals surface area contributed by atoms with Gasteiger partial charge in [0.15, 0.2) is 0 Å². The molecule has 0 aromatic carbocycles. The van der Waals surface area contributed by atoms with Gasteiger partial charge < -0.3 is 17.2 Å².